The van der Waals surface area contributed by atoms with Gasteiger partial charge in [-0.2, -0.15) is 8.78 Å². The number of hydrogen-bond acceptors (Lipinski definition) is 3. The Morgan fingerprint density at radius 2 is 2.00 bits per heavy atom. The molecule has 0 bridgehead atoms. The zero-order chi connectivity index (χ0) is 11.3. The zero-order valence-corrected chi connectivity index (χ0v) is 8.80. The molecule has 0 unspecified atom stereocenters. The molecule has 0 saturated heterocycles. The molecule has 1 N–H and O–H groups in total. The molecule has 0 aliphatic carbocycles. The maximum absolute atomic E-state index is 11.7. The van der Waals surface area contributed by atoms with Crippen LogP contribution in [0, 0.1) is 5.41 Å². The molecule has 0 amide bonds. The van der Waals surface area contributed by atoms with Crippen LogP contribution in [0.25, 0.3) is 0 Å². The number of hydrogen-bond donors (Lipinski definition) is 1. The van der Waals surface area contributed by atoms with Gasteiger partial charge in [-0.25, -0.2) is 4.18 Å². The van der Waals surface area contributed by atoms with E-state index in [4.69, 9.17) is 5.41 Å². The Kier molecular flexibility index (Phi) is 4.51. The summed E-state index contributed by atoms with van der Waals surface area (Å²) in [4.78, 5) is 1.45. The van der Waals surface area contributed by atoms with E-state index in [1.54, 1.807) is 31.3 Å². The van der Waals surface area contributed by atoms with Gasteiger partial charge in [0.1, 0.15) is 0 Å². The molecule has 0 atom stereocenters. The number of anilines is 1. The third kappa shape index (κ3) is 3.85. The molecule has 1 rings (SSSR count). The second-order valence-corrected chi connectivity index (χ2v) is 3.39. The lowest BCUT2D eigenvalue weighted by Crippen LogP contribution is -2.22. The lowest BCUT2D eigenvalue weighted by Gasteiger charge is -2.18. The lowest BCUT2D eigenvalue weighted by molar-refractivity contribution is -0.0334. The van der Waals surface area contributed by atoms with Gasteiger partial charge in [0.05, 0.1) is 12.0 Å². The van der Waals surface area contributed by atoms with Gasteiger partial charge < -0.3 is 4.90 Å². The Morgan fingerprint density at radius 1 is 1.40 bits per heavy atom. The summed E-state index contributed by atoms with van der Waals surface area (Å²) in [7, 11) is 1.61. The fourth-order valence-electron chi connectivity index (χ4n) is 0.907. The third-order valence-corrected chi connectivity index (χ3v) is 2.32. The Morgan fingerprint density at radius 3 is 2.53 bits per heavy atom. The van der Waals surface area contributed by atoms with Crippen molar-refractivity contribution in [1.82, 2.24) is 0 Å². The molecule has 0 heterocycles. The fraction of sp³-hybridized carbons (Fsp3) is 0.222. The Hall–Kier alpha value is -1.14. The number of amidine groups is 1. The molecule has 0 aliphatic rings. The molecule has 15 heavy (non-hydrogen) atoms. The maximum atomic E-state index is 11.7. The lowest BCUT2D eigenvalue weighted by atomic mass is 10.3. The van der Waals surface area contributed by atoms with Crippen LogP contribution < -0.4 is 4.90 Å². The van der Waals surface area contributed by atoms with E-state index >= 15 is 0 Å². The van der Waals surface area contributed by atoms with Gasteiger partial charge in [-0.1, -0.05) is 18.2 Å². The summed E-state index contributed by atoms with van der Waals surface area (Å²) in [5, 5.41) is 7.36. The molecule has 6 heteroatoms. The number of nitrogens with zero attached hydrogens (tertiary/aromatic N) is 1. The van der Waals surface area contributed by atoms with Crippen molar-refractivity contribution in [2.24, 2.45) is 0 Å². The van der Waals surface area contributed by atoms with Gasteiger partial charge in [-0.05, 0) is 12.1 Å². The van der Waals surface area contributed by atoms with Crippen molar-refractivity contribution in [2.75, 3.05) is 11.9 Å². The van der Waals surface area contributed by atoms with Crippen molar-refractivity contribution < 1.29 is 13.0 Å². The first-order valence-corrected chi connectivity index (χ1v) is 4.84. The first-order valence-electron chi connectivity index (χ1n) is 4.10. The summed E-state index contributed by atoms with van der Waals surface area (Å²) in [6.45, 7) is -2.88. The summed E-state index contributed by atoms with van der Waals surface area (Å²) in [5.74, 6) is 0. The van der Waals surface area contributed by atoms with E-state index in [0.29, 0.717) is 12.0 Å². The van der Waals surface area contributed by atoms with Crippen LogP contribution in [-0.4, -0.2) is 18.8 Å². The van der Waals surface area contributed by atoms with Crippen molar-refractivity contribution in [3.63, 3.8) is 0 Å². The van der Waals surface area contributed by atoms with Gasteiger partial charge in [0.2, 0.25) is 0 Å². The minimum atomic E-state index is -2.88. The Balaban J connectivity index is 2.54. The van der Waals surface area contributed by atoms with Crippen molar-refractivity contribution in [1.29, 1.82) is 5.41 Å². The topological polar surface area (TPSA) is 36.3 Å². The first kappa shape index (κ1) is 11.9. The van der Waals surface area contributed by atoms with Gasteiger partial charge in [-0.3, -0.25) is 5.41 Å². The van der Waals surface area contributed by atoms with Crippen molar-refractivity contribution in [2.45, 2.75) is 6.61 Å². The summed E-state index contributed by atoms with van der Waals surface area (Å²) in [6.07, 6.45) is 0. The molecule has 0 saturated carbocycles. The Bertz CT molecular complexity index is 321. The van der Waals surface area contributed by atoms with Gasteiger partial charge in [-0.15, -0.1) is 0 Å². The molecule has 0 aliphatic heterocycles. The summed E-state index contributed by atoms with van der Waals surface area (Å²) in [6, 6.07) is 8.99. The van der Waals surface area contributed by atoms with Crippen LogP contribution >= 0.6 is 12.0 Å². The van der Waals surface area contributed by atoms with Gasteiger partial charge >= 0.3 is 6.61 Å². The van der Waals surface area contributed by atoms with E-state index in [2.05, 4.69) is 4.18 Å². The van der Waals surface area contributed by atoms with E-state index in [-0.39, 0.29) is 5.17 Å². The van der Waals surface area contributed by atoms with E-state index in [9.17, 15) is 8.78 Å². The highest BCUT2D eigenvalue weighted by Gasteiger charge is 2.11. The SMILES string of the molecule is CN(C(=N)SOC(F)F)c1ccccc1. The average molecular weight is 232 g/mol. The summed E-state index contributed by atoms with van der Waals surface area (Å²) in [5.41, 5.74) is 0.743. The minimum absolute atomic E-state index is 0.0958. The fourth-order valence-corrected chi connectivity index (χ4v) is 1.29. The normalized spacial score (nSPS) is 10.4. The van der Waals surface area contributed by atoms with E-state index < -0.39 is 6.61 Å². The molecule has 1 aromatic carbocycles. The van der Waals surface area contributed by atoms with Gasteiger partial charge in [0.15, 0.2) is 5.17 Å². The van der Waals surface area contributed by atoms with Crippen LogP contribution in [0.3, 0.4) is 0 Å². The number of benzene rings is 1. The van der Waals surface area contributed by atoms with Crippen molar-refractivity contribution >= 4 is 22.9 Å². The molecule has 3 nitrogen and oxygen atoms in total. The van der Waals surface area contributed by atoms with Crippen LogP contribution in [0.4, 0.5) is 14.5 Å². The number of nitrogens with one attached hydrogen (secondary N) is 1. The number of para-hydroxylation sites is 1. The van der Waals surface area contributed by atoms with Crippen molar-refractivity contribution in [3.8, 4) is 0 Å². The molecule has 0 spiro atoms. The molecular formula is C9H10F2N2OS. The third-order valence-electron chi connectivity index (χ3n) is 1.65. The molecular weight excluding hydrogens is 222 g/mol. The number of halogens is 2. The predicted octanol–water partition coefficient (Wildman–Crippen LogP) is 2.94. The van der Waals surface area contributed by atoms with Crippen LogP contribution in [0.2, 0.25) is 0 Å². The van der Waals surface area contributed by atoms with Crippen LogP contribution in [-0.2, 0) is 4.18 Å². The van der Waals surface area contributed by atoms with Crippen molar-refractivity contribution in [3.05, 3.63) is 30.3 Å². The van der Waals surface area contributed by atoms with Crippen LogP contribution in [0.1, 0.15) is 0 Å². The van der Waals surface area contributed by atoms with E-state index in [0.717, 1.165) is 5.69 Å². The molecule has 1 aromatic rings. The number of alkyl halides is 2. The van der Waals surface area contributed by atoms with Crippen LogP contribution in [0.15, 0.2) is 30.3 Å². The van der Waals surface area contributed by atoms with Gasteiger partial charge in [0.25, 0.3) is 0 Å². The van der Waals surface area contributed by atoms with Crippen LogP contribution in [0.5, 0.6) is 0 Å². The highest BCUT2D eigenvalue weighted by Crippen LogP contribution is 2.18. The van der Waals surface area contributed by atoms with Gasteiger partial charge in [0, 0.05) is 12.7 Å². The molecule has 82 valence electrons. The summed E-state index contributed by atoms with van der Waals surface area (Å²) < 4.78 is 27.4. The molecule has 0 radical (unpaired) electrons. The maximum Gasteiger partial charge on any atom is 0.355 e. The van der Waals surface area contributed by atoms with E-state index in [1.165, 1.54) is 4.90 Å². The Labute approximate surface area is 90.7 Å². The first-order chi connectivity index (χ1) is 7.11. The average Bonchev–Trinajstić information content (AvgIpc) is 2.26. The highest BCUT2D eigenvalue weighted by molar-refractivity contribution is 8.10. The largest absolute Gasteiger partial charge is 0.355 e. The summed E-state index contributed by atoms with van der Waals surface area (Å²) >= 11 is 0.347. The predicted molar refractivity (Wildman–Crippen MR) is 57.3 cm³/mol. The zero-order valence-electron chi connectivity index (χ0n) is 7.98. The molecule has 0 fully saturated rings. The minimum Gasteiger partial charge on any atom is -0.323 e. The number of rotatable bonds is 3. The van der Waals surface area contributed by atoms with E-state index in [1.807, 2.05) is 6.07 Å². The second kappa shape index (κ2) is 5.67. The standard InChI is InChI=1S/C9H10F2N2OS/c1-13(7-5-3-2-4-6-7)9(12)15-14-8(10)11/h2-6,8,12H,1H3. The smallest absolute Gasteiger partial charge is 0.323 e. The highest BCUT2D eigenvalue weighted by atomic mass is 32.2. The molecule has 0 aromatic heterocycles. The monoisotopic (exact) mass is 232 g/mol. The quantitative estimate of drug-likeness (QED) is 0.494. The second-order valence-electron chi connectivity index (χ2n) is 2.64.